The smallest absolute Gasteiger partial charge is 0.255 e. The number of methoxy groups -OCH3 is 1. The molecule has 1 aliphatic rings. The quantitative estimate of drug-likeness (QED) is 0.232. The number of halogens is 2. The van der Waals surface area contributed by atoms with E-state index in [1.165, 1.54) is 12.1 Å². The van der Waals surface area contributed by atoms with Crippen molar-refractivity contribution in [2.75, 3.05) is 13.7 Å². The zero-order valence-electron chi connectivity index (χ0n) is 20.8. The summed E-state index contributed by atoms with van der Waals surface area (Å²) in [5.74, 6) is 0.566. The van der Waals surface area contributed by atoms with E-state index in [-0.39, 0.29) is 5.91 Å². The largest absolute Gasteiger partial charge is 0.496 e. The van der Waals surface area contributed by atoms with E-state index in [2.05, 4.69) is 35.6 Å². The van der Waals surface area contributed by atoms with Crippen LogP contribution in [0.1, 0.15) is 39.0 Å². The number of carbonyl (C=O) groups excluding carboxylic acids is 1. The number of amides is 1. The lowest BCUT2D eigenvalue weighted by Gasteiger charge is -2.30. The molecule has 0 bridgehead atoms. The lowest BCUT2D eigenvalue weighted by molar-refractivity contribution is 0.0666. The predicted octanol–water partition coefficient (Wildman–Crippen LogP) is 6.16. The van der Waals surface area contributed by atoms with Gasteiger partial charge >= 0.3 is 0 Å². The summed E-state index contributed by atoms with van der Waals surface area (Å²) < 4.78 is 29.0. The third kappa shape index (κ3) is 5.52. The normalized spacial score (nSPS) is 14.4. The van der Waals surface area contributed by atoms with Crippen LogP contribution in [0, 0.1) is 12.7 Å². The van der Waals surface area contributed by atoms with Crippen LogP contribution < -0.4 is 4.74 Å². The van der Waals surface area contributed by atoms with E-state index >= 15 is 0 Å². The summed E-state index contributed by atoms with van der Waals surface area (Å²) in [4.78, 5) is 20.0. The van der Waals surface area contributed by atoms with E-state index in [0.717, 1.165) is 21.8 Å². The van der Waals surface area contributed by atoms with Crippen LogP contribution in [-0.2, 0) is 18.0 Å². The summed E-state index contributed by atoms with van der Waals surface area (Å²) in [6.07, 6.45) is 1.76. The molecule has 1 aliphatic heterocycles. The third-order valence-corrected chi connectivity index (χ3v) is 8.45. The second-order valence-corrected chi connectivity index (χ2v) is 16.6. The van der Waals surface area contributed by atoms with Gasteiger partial charge in [-0.3, -0.25) is 4.79 Å². The van der Waals surface area contributed by atoms with Crippen molar-refractivity contribution < 1.29 is 18.7 Å². The van der Waals surface area contributed by atoms with Gasteiger partial charge in [-0.1, -0.05) is 41.6 Å². The van der Waals surface area contributed by atoms with E-state index in [9.17, 15) is 9.18 Å². The van der Waals surface area contributed by atoms with Crippen LogP contribution in [0.3, 0.4) is 0 Å². The Labute approximate surface area is 215 Å². The molecule has 2 heterocycles. The molecule has 35 heavy (non-hydrogen) atoms. The molecule has 186 valence electrons. The molecule has 0 N–H and O–H groups in total. The Kier molecular flexibility index (Phi) is 7.49. The number of carbonyl (C=O) groups is 1. The predicted molar refractivity (Wildman–Crippen MR) is 140 cm³/mol. The van der Waals surface area contributed by atoms with E-state index in [1.54, 1.807) is 24.3 Å². The fourth-order valence-electron chi connectivity index (χ4n) is 4.27. The highest BCUT2D eigenvalue weighted by molar-refractivity contribution is 9.10. The van der Waals surface area contributed by atoms with Crippen LogP contribution in [0.2, 0.25) is 25.7 Å². The van der Waals surface area contributed by atoms with Gasteiger partial charge in [0.05, 0.1) is 7.11 Å². The summed E-state index contributed by atoms with van der Waals surface area (Å²) in [7, 11) is 0.309. The zero-order chi connectivity index (χ0) is 25.3. The molecule has 0 saturated carbocycles. The molecule has 1 atom stereocenters. The highest BCUT2D eigenvalue weighted by Gasteiger charge is 2.38. The number of rotatable bonds is 9. The summed E-state index contributed by atoms with van der Waals surface area (Å²) in [5.41, 5.74) is 2.99. The van der Waals surface area contributed by atoms with Crippen molar-refractivity contribution in [3.05, 3.63) is 81.1 Å². The first-order valence-electron chi connectivity index (χ1n) is 11.6. The first-order chi connectivity index (χ1) is 16.6. The molecule has 1 amide bonds. The number of aromatic nitrogens is 2. The van der Waals surface area contributed by atoms with Gasteiger partial charge in [0, 0.05) is 48.7 Å². The Morgan fingerprint density at radius 2 is 1.97 bits per heavy atom. The van der Waals surface area contributed by atoms with Crippen LogP contribution >= 0.6 is 15.9 Å². The number of fused-ring (bicyclic) bond motifs is 1. The third-order valence-electron chi connectivity index (χ3n) is 6.25. The SMILES string of the molecule is COc1ccc(F)cc1C(c1ncc(C)n1COCC[Si](C)(C)C)N1Cc2ccc(Br)cc2C1=O. The molecule has 0 aliphatic carbocycles. The Bertz CT molecular complexity index is 1240. The van der Waals surface area contributed by atoms with Crippen molar-refractivity contribution in [1.82, 2.24) is 14.5 Å². The summed E-state index contributed by atoms with van der Waals surface area (Å²) >= 11 is 3.47. The summed E-state index contributed by atoms with van der Waals surface area (Å²) in [6.45, 7) is 10.2. The van der Waals surface area contributed by atoms with Gasteiger partial charge in [-0.2, -0.15) is 0 Å². The molecule has 9 heteroatoms. The minimum atomic E-state index is -1.24. The first kappa shape index (κ1) is 25.6. The average Bonchev–Trinajstić information content (AvgIpc) is 3.31. The highest BCUT2D eigenvalue weighted by Crippen LogP contribution is 2.40. The molecular formula is C26H31BrFN3O3Si. The second kappa shape index (κ2) is 10.2. The summed E-state index contributed by atoms with van der Waals surface area (Å²) in [5, 5.41) is 0. The van der Waals surface area contributed by atoms with Crippen LogP contribution in [0.25, 0.3) is 0 Å². The molecule has 3 aromatic rings. The van der Waals surface area contributed by atoms with Crippen molar-refractivity contribution in [3.8, 4) is 5.75 Å². The van der Waals surface area contributed by atoms with Crippen molar-refractivity contribution in [3.63, 3.8) is 0 Å². The second-order valence-electron chi connectivity index (χ2n) is 10.1. The lowest BCUT2D eigenvalue weighted by Crippen LogP contribution is -2.33. The fourth-order valence-corrected chi connectivity index (χ4v) is 5.39. The molecule has 0 spiro atoms. The maximum absolute atomic E-state index is 14.5. The number of hydrogen-bond acceptors (Lipinski definition) is 4. The van der Waals surface area contributed by atoms with Gasteiger partial charge in [0.2, 0.25) is 0 Å². The van der Waals surface area contributed by atoms with Crippen LogP contribution in [0.5, 0.6) is 5.75 Å². The number of benzene rings is 2. The van der Waals surface area contributed by atoms with Crippen molar-refractivity contribution >= 4 is 29.9 Å². The van der Waals surface area contributed by atoms with Gasteiger partial charge in [0.25, 0.3) is 5.91 Å². The standard InChI is InChI=1S/C26H31BrFN3O3Si/c1-17-14-29-25(31(17)16-34-10-11-35(3,4)5)24(22-13-20(28)8-9-23(22)33-2)30-15-18-6-7-19(27)12-21(18)26(30)32/h6-9,12-14,24H,10-11,15-16H2,1-5H3. The summed E-state index contributed by atoms with van der Waals surface area (Å²) in [6, 6.07) is 10.4. The number of nitrogens with zero attached hydrogens (tertiary/aromatic N) is 3. The molecule has 6 nitrogen and oxygen atoms in total. The minimum absolute atomic E-state index is 0.135. The first-order valence-corrected chi connectivity index (χ1v) is 16.1. The number of hydrogen-bond donors (Lipinski definition) is 0. The highest BCUT2D eigenvalue weighted by atomic mass is 79.9. The molecule has 0 saturated heterocycles. The molecule has 2 aromatic carbocycles. The number of ether oxygens (including phenoxy) is 2. The molecular weight excluding hydrogens is 529 g/mol. The van der Waals surface area contributed by atoms with Crippen molar-refractivity contribution in [2.45, 2.75) is 51.9 Å². The van der Waals surface area contributed by atoms with Crippen LogP contribution in [-0.4, -0.2) is 42.1 Å². The Morgan fingerprint density at radius 1 is 1.20 bits per heavy atom. The van der Waals surface area contributed by atoms with Gasteiger partial charge in [-0.25, -0.2) is 9.37 Å². The molecule has 0 radical (unpaired) electrons. The van der Waals surface area contributed by atoms with E-state index in [4.69, 9.17) is 14.5 Å². The maximum Gasteiger partial charge on any atom is 0.255 e. The van der Waals surface area contributed by atoms with Crippen molar-refractivity contribution in [1.29, 1.82) is 0 Å². The molecule has 4 rings (SSSR count). The van der Waals surface area contributed by atoms with Gasteiger partial charge in [-0.05, 0) is 48.9 Å². The topological polar surface area (TPSA) is 56.6 Å². The van der Waals surface area contributed by atoms with Gasteiger partial charge in [-0.15, -0.1) is 0 Å². The van der Waals surface area contributed by atoms with Crippen LogP contribution in [0.4, 0.5) is 4.39 Å². The minimum Gasteiger partial charge on any atom is -0.496 e. The molecule has 1 aromatic heterocycles. The number of imidazole rings is 1. The lowest BCUT2D eigenvalue weighted by atomic mass is 10.0. The van der Waals surface area contributed by atoms with E-state index in [1.807, 2.05) is 29.7 Å². The average molecular weight is 561 g/mol. The Balaban J connectivity index is 1.76. The van der Waals surface area contributed by atoms with Gasteiger partial charge in [0.15, 0.2) is 0 Å². The monoisotopic (exact) mass is 559 g/mol. The molecule has 1 unspecified atom stereocenters. The number of aryl methyl sites for hydroxylation is 1. The fraction of sp³-hybridized carbons (Fsp3) is 0.385. The van der Waals surface area contributed by atoms with Crippen molar-refractivity contribution in [2.24, 2.45) is 0 Å². The Morgan fingerprint density at radius 3 is 2.69 bits per heavy atom. The van der Waals surface area contributed by atoms with E-state index < -0.39 is 19.9 Å². The van der Waals surface area contributed by atoms with Gasteiger partial charge in [0.1, 0.15) is 30.2 Å². The maximum atomic E-state index is 14.5. The van der Waals surface area contributed by atoms with E-state index in [0.29, 0.717) is 42.6 Å². The zero-order valence-corrected chi connectivity index (χ0v) is 23.4. The Hall–Kier alpha value is -2.49. The van der Waals surface area contributed by atoms with Crippen LogP contribution in [0.15, 0.2) is 47.1 Å². The molecule has 0 fully saturated rings. The van der Waals surface area contributed by atoms with Gasteiger partial charge < -0.3 is 18.9 Å².